The molecular weight excluding hydrogens is 340 g/mol. The summed E-state index contributed by atoms with van der Waals surface area (Å²) in [4.78, 5) is 31.8. The number of hydrogen-bond donors (Lipinski definition) is 1. The molecule has 1 amide bonds. The van der Waals surface area contributed by atoms with Crippen LogP contribution >= 0.6 is 0 Å². The minimum atomic E-state index is -0.595. The summed E-state index contributed by atoms with van der Waals surface area (Å²) in [6, 6.07) is 0. The summed E-state index contributed by atoms with van der Waals surface area (Å²) in [5, 5.41) is 10.5. The van der Waals surface area contributed by atoms with Gasteiger partial charge in [0.05, 0.1) is 31.2 Å². The third-order valence-electron chi connectivity index (χ3n) is 3.17. The molecule has 0 aliphatic carbocycles. The minimum Gasteiger partial charge on any atom is -0.464 e. The van der Waals surface area contributed by atoms with Crippen LogP contribution in [0, 0.1) is 0 Å². The zero-order chi connectivity index (χ0) is 19.2. The molecule has 10 heteroatoms. The number of aromatic nitrogens is 5. The van der Waals surface area contributed by atoms with Crippen molar-refractivity contribution in [1.82, 2.24) is 30.3 Å². The highest BCUT2D eigenvalue weighted by molar-refractivity contribution is 5.88. The van der Waals surface area contributed by atoms with Gasteiger partial charge in [-0.3, -0.25) is 9.97 Å². The van der Waals surface area contributed by atoms with Crippen LogP contribution in [0.3, 0.4) is 0 Å². The Bertz CT molecular complexity index is 754. The fourth-order valence-corrected chi connectivity index (χ4v) is 2.12. The van der Waals surface area contributed by atoms with E-state index in [4.69, 9.17) is 9.47 Å². The normalized spacial score (nSPS) is 11.1. The topological polar surface area (TPSA) is 121 Å². The molecule has 0 unspecified atom stereocenters. The number of methoxy groups -OCH3 is 1. The fraction of sp³-hybridized carbons (Fsp3) is 0.500. The van der Waals surface area contributed by atoms with E-state index in [0.29, 0.717) is 24.4 Å². The zero-order valence-electron chi connectivity index (χ0n) is 15.2. The van der Waals surface area contributed by atoms with Crippen LogP contribution in [-0.2, 0) is 22.4 Å². The second kappa shape index (κ2) is 8.37. The smallest absolute Gasteiger partial charge is 0.407 e. The lowest BCUT2D eigenvalue weighted by Gasteiger charge is -2.19. The molecule has 0 radical (unpaired) electrons. The summed E-state index contributed by atoms with van der Waals surface area (Å²) in [6.07, 6.45) is 4.51. The third-order valence-corrected chi connectivity index (χ3v) is 3.17. The van der Waals surface area contributed by atoms with E-state index in [1.807, 2.05) is 0 Å². The van der Waals surface area contributed by atoms with Gasteiger partial charge in [0.1, 0.15) is 5.60 Å². The molecule has 0 fully saturated rings. The van der Waals surface area contributed by atoms with E-state index < -0.39 is 17.7 Å². The average Bonchev–Trinajstić information content (AvgIpc) is 2.96. The summed E-state index contributed by atoms with van der Waals surface area (Å²) in [6.45, 7) is 5.87. The van der Waals surface area contributed by atoms with Gasteiger partial charge in [0, 0.05) is 25.4 Å². The molecule has 0 aromatic carbocycles. The number of rotatable bonds is 6. The van der Waals surface area contributed by atoms with Gasteiger partial charge in [-0.2, -0.15) is 0 Å². The number of esters is 1. The molecule has 2 aromatic heterocycles. The van der Waals surface area contributed by atoms with Crippen molar-refractivity contribution in [2.75, 3.05) is 13.7 Å². The SMILES string of the molecule is COC(=O)c1nnn(Cc2cnccn2)c1CCNC(=O)OC(C)(C)C. The van der Waals surface area contributed by atoms with Crippen LogP contribution in [0.15, 0.2) is 18.6 Å². The maximum Gasteiger partial charge on any atom is 0.407 e. The number of carbonyl (C=O) groups is 2. The summed E-state index contributed by atoms with van der Waals surface area (Å²) in [5.41, 5.74) is 0.701. The van der Waals surface area contributed by atoms with E-state index in [1.165, 1.54) is 11.8 Å². The Labute approximate surface area is 150 Å². The largest absolute Gasteiger partial charge is 0.464 e. The number of ether oxygens (including phenoxy) is 2. The Kier molecular flexibility index (Phi) is 6.21. The highest BCUT2D eigenvalue weighted by Crippen LogP contribution is 2.10. The molecule has 10 nitrogen and oxygen atoms in total. The van der Waals surface area contributed by atoms with Crippen LogP contribution in [-0.4, -0.2) is 56.3 Å². The van der Waals surface area contributed by atoms with Gasteiger partial charge < -0.3 is 14.8 Å². The van der Waals surface area contributed by atoms with Crippen LogP contribution in [0.4, 0.5) is 4.79 Å². The van der Waals surface area contributed by atoms with Gasteiger partial charge in [0.15, 0.2) is 5.69 Å². The number of carbonyl (C=O) groups excluding carboxylic acids is 2. The predicted octanol–water partition coefficient (Wildman–Crippen LogP) is 0.970. The number of amides is 1. The van der Waals surface area contributed by atoms with Crippen molar-refractivity contribution >= 4 is 12.1 Å². The van der Waals surface area contributed by atoms with Gasteiger partial charge in [-0.25, -0.2) is 14.3 Å². The second-order valence-electron chi connectivity index (χ2n) is 6.41. The van der Waals surface area contributed by atoms with Gasteiger partial charge in [-0.1, -0.05) is 5.21 Å². The molecule has 1 N–H and O–H groups in total. The van der Waals surface area contributed by atoms with Crippen molar-refractivity contribution in [2.24, 2.45) is 0 Å². The first-order valence-electron chi connectivity index (χ1n) is 8.02. The number of nitrogens with zero attached hydrogens (tertiary/aromatic N) is 5. The average molecular weight is 362 g/mol. The first kappa shape index (κ1) is 19.3. The molecule has 140 valence electrons. The van der Waals surface area contributed by atoms with Crippen LogP contribution in [0.1, 0.15) is 42.6 Å². The van der Waals surface area contributed by atoms with Gasteiger partial charge in [-0.15, -0.1) is 5.10 Å². The molecule has 0 atom stereocenters. The van der Waals surface area contributed by atoms with E-state index >= 15 is 0 Å². The van der Waals surface area contributed by atoms with Gasteiger partial charge in [0.25, 0.3) is 0 Å². The molecule has 0 spiro atoms. The highest BCUT2D eigenvalue weighted by atomic mass is 16.6. The minimum absolute atomic E-state index is 0.0994. The Morgan fingerprint density at radius 1 is 1.27 bits per heavy atom. The fourth-order valence-electron chi connectivity index (χ4n) is 2.12. The van der Waals surface area contributed by atoms with Crippen molar-refractivity contribution in [1.29, 1.82) is 0 Å². The van der Waals surface area contributed by atoms with Crippen molar-refractivity contribution in [3.8, 4) is 0 Å². The Balaban J connectivity index is 2.10. The molecular formula is C16H22N6O4. The highest BCUT2D eigenvalue weighted by Gasteiger charge is 2.21. The van der Waals surface area contributed by atoms with Crippen LogP contribution < -0.4 is 5.32 Å². The summed E-state index contributed by atoms with van der Waals surface area (Å²) in [7, 11) is 1.27. The molecule has 0 saturated carbocycles. The number of nitrogens with one attached hydrogen (secondary N) is 1. The van der Waals surface area contributed by atoms with Gasteiger partial charge >= 0.3 is 12.1 Å². The molecule has 2 heterocycles. The van der Waals surface area contributed by atoms with Crippen LogP contribution in [0.2, 0.25) is 0 Å². The van der Waals surface area contributed by atoms with E-state index in [1.54, 1.807) is 39.4 Å². The quantitative estimate of drug-likeness (QED) is 0.755. The Hall–Kier alpha value is -3.04. The van der Waals surface area contributed by atoms with E-state index in [0.717, 1.165) is 0 Å². The maximum atomic E-state index is 11.9. The molecule has 2 aromatic rings. The molecule has 0 bridgehead atoms. The first-order valence-corrected chi connectivity index (χ1v) is 8.02. The lowest BCUT2D eigenvalue weighted by molar-refractivity contribution is 0.0528. The molecule has 0 aliphatic heterocycles. The van der Waals surface area contributed by atoms with Gasteiger partial charge in [0.2, 0.25) is 0 Å². The Morgan fingerprint density at radius 2 is 2.04 bits per heavy atom. The van der Waals surface area contributed by atoms with E-state index in [-0.39, 0.29) is 12.2 Å². The molecule has 2 rings (SSSR count). The van der Waals surface area contributed by atoms with Crippen molar-refractivity contribution in [3.05, 3.63) is 35.7 Å². The van der Waals surface area contributed by atoms with E-state index in [9.17, 15) is 9.59 Å². The van der Waals surface area contributed by atoms with Gasteiger partial charge in [-0.05, 0) is 20.8 Å². The standard InChI is InChI=1S/C16H22N6O4/c1-16(2,3)26-15(24)19-6-5-12-13(14(23)25-4)20-21-22(12)10-11-9-17-7-8-18-11/h7-9H,5-6,10H2,1-4H3,(H,19,24). The second-order valence-corrected chi connectivity index (χ2v) is 6.41. The zero-order valence-corrected chi connectivity index (χ0v) is 15.2. The predicted molar refractivity (Wildman–Crippen MR) is 90.4 cm³/mol. The molecule has 0 aliphatic rings. The third kappa shape index (κ3) is 5.50. The lowest BCUT2D eigenvalue weighted by Crippen LogP contribution is -2.34. The van der Waals surface area contributed by atoms with Crippen LogP contribution in [0.25, 0.3) is 0 Å². The number of alkyl carbamates (subject to hydrolysis) is 1. The summed E-state index contributed by atoms with van der Waals surface area (Å²) in [5.74, 6) is -0.595. The number of hydrogen-bond acceptors (Lipinski definition) is 8. The maximum absolute atomic E-state index is 11.9. The molecule has 0 saturated heterocycles. The van der Waals surface area contributed by atoms with Crippen LogP contribution in [0.5, 0.6) is 0 Å². The first-order chi connectivity index (χ1) is 12.3. The van der Waals surface area contributed by atoms with E-state index in [2.05, 4.69) is 25.6 Å². The van der Waals surface area contributed by atoms with Crippen molar-refractivity contribution < 1.29 is 19.1 Å². The lowest BCUT2D eigenvalue weighted by atomic mass is 10.2. The molecule has 26 heavy (non-hydrogen) atoms. The Morgan fingerprint density at radius 3 is 2.65 bits per heavy atom. The summed E-state index contributed by atoms with van der Waals surface area (Å²) >= 11 is 0. The van der Waals surface area contributed by atoms with Crippen molar-refractivity contribution in [3.63, 3.8) is 0 Å². The summed E-state index contributed by atoms with van der Waals surface area (Å²) < 4.78 is 11.5. The monoisotopic (exact) mass is 362 g/mol. The van der Waals surface area contributed by atoms with Crippen molar-refractivity contribution in [2.45, 2.75) is 39.3 Å².